The zero-order valence-corrected chi connectivity index (χ0v) is 21.2. The van der Waals surface area contributed by atoms with Gasteiger partial charge in [-0.05, 0) is 12.8 Å². The van der Waals surface area contributed by atoms with Crippen molar-refractivity contribution in [3.8, 4) is 0 Å². The van der Waals surface area contributed by atoms with E-state index in [4.69, 9.17) is 16.6 Å². The molecule has 212 valence electrons. The number of nitrogens with two attached hydrogens (primary N) is 2. The summed E-state index contributed by atoms with van der Waals surface area (Å²) in [6.07, 6.45) is -0.578. The Morgan fingerprint density at radius 2 is 1.53 bits per heavy atom. The lowest BCUT2D eigenvalue weighted by Crippen LogP contribution is -2.55. The highest BCUT2D eigenvalue weighted by atomic mass is 32.2. The van der Waals surface area contributed by atoms with E-state index in [-0.39, 0.29) is 43.3 Å². The minimum absolute atomic E-state index is 0.0706. The summed E-state index contributed by atoms with van der Waals surface area (Å²) < 4.78 is 0. The number of aliphatic carboxylic acids is 2. The Hall–Kier alpha value is -4.09. The van der Waals surface area contributed by atoms with E-state index in [1.54, 1.807) is 0 Å². The highest BCUT2D eigenvalue weighted by molar-refractivity contribution is 7.99. The number of carboxylic acid groups (broad SMARTS) is 2. The van der Waals surface area contributed by atoms with Gasteiger partial charge in [-0.1, -0.05) is 0 Å². The third kappa shape index (κ3) is 13.3. The zero-order chi connectivity index (χ0) is 28.7. The summed E-state index contributed by atoms with van der Waals surface area (Å²) in [7, 11) is 0. The lowest BCUT2D eigenvalue weighted by Gasteiger charge is -2.21. The largest absolute Gasteiger partial charge is 0.481 e. The number of carboxylic acids is 2. The monoisotopic (exact) mass is 560 g/mol. The van der Waals surface area contributed by atoms with E-state index in [0.717, 1.165) is 11.8 Å². The number of carbonyl (C=O) groups is 7. The molecule has 17 nitrogen and oxygen atoms in total. The van der Waals surface area contributed by atoms with Gasteiger partial charge in [0.15, 0.2) is 5.96 Å². The molecule has 1 heterocycles. The predicted octanol–water partition coefficient (Wildman–Crippen LogP) is -4.58. The summed E-state index contributed by atoms with van der Waals surface area (Å²) in [4.78, 5) is 88.4. The molecule has 11 N–H and O–H groups in total. The van der Waals surface area contributed by atoms with Gasteiger partial charge in [-0.2, -0.15) is 11.8 Å². The predicted molar refractivity (Wildman–Crippen MR) is 134 cm³/mol. The van der Waals surface area contributed by atoms with Gasteiger partial charge in [0.05, 0.1) is 19.5 Å². The molecule has 0 aromatic carbocycles. The molecule has 0 spiro atoms. The number of hydrogen-bond acceptors (Lipinski definition) is 9. The normalized spacial score (nSPS) is 22.6. The van der Waals surface area contributed by atoms with Gasteiger partial charge in [0.1, 0.15) is 18.1 Å². The molecule has 0 unspecified atom stereocenters. The number of nitrogens with one attached hydrogen (secondary N) is 5. The molecular formula is C20H32N8O9S. The third-order valence-corrected chi connectivity index (χ3v) is 5.93. The molecule has 0 radical (unpaired) electrons. The van der Waals surface area contributed by atoms with E-state index < -0.39 is 79.1 Å². The number of aliphatic imine (C=N–C) groups is 1. The first-order valence-electron chi connectivity index (χ1n) is 11.4. The van der Waals surface area contributed by atoms with Gasteiger partial charge >= 0.3 is 11.9 Å². The van der Waals surface area contributed by atoms with Gasteiger partial charge in [0.2, 0.25) is 29.5 Å². The van der Waals surface area contributed by atoms with Crippen LogP contribution in [0.2, 0.25) is 0 Å². The van der Waals surface area contributed by atoms with Crippen LogP contribution < -0.4 is 38.1 Å². The van der Waals surface area contributed by atoms with Crippen molar-refractivity contribution in [1.82, 2.24) is 26.6 Å². The number of guanidine groups is 1. The minimum Gasteiger partial charge on any atom is -0.481 e. The van der Waals surface area contributed by atoms with Gasteiger partial charge in [-0.3, -0.25) is 33.8 Å². The summed E-state index contributed by atoms with van der Waals surface area (Å²) >= 11 is 1.03. The van der Waals surface area contributed by atoms with Crippen LogP contribution in [0.15, 0.2) is 4.99 Å². The van der Waals surface area contributed by atoms with Crippen LogP contribution in [0.4, 0.5) is 0 Å². The molecule has 0 aromatic rings. The molecule has 3 atom stereocenters. The quantitative estimate of drug-likeness (QED) is 0.0808. The molecule has 1 aliphatic heterocycles. The highest BCUT2D eigenvalue weighted by Crippen LogP contribution is 2.07. The van der Waals surface area contributed by atoms with Crippen molar-refractivity contribution in [2.75, 3.05) is 31.1 Å². The fraction of sp³-hybridized carbons (Fsp3) is 0.600. The van der Waals surface area contributed by atoms with E-state index in [0.29, 0.717) is 0 Å². The van der Waals surface area contributed by atoms with Crippen LogP contribution in [0.25, 0.3) is 0 Å². The third-order valence-electron chi connectivity index (χ3n) is 4.87. The van der Waals surface area contributed by atoms with Crippen LogP contribution in [-0.2, 0) is 33.6 Å². The lowest BCUT2D eigenvalue weighted by molar-refractivity contribution is -0.143. The smallest absolute Gasteiger partial charge is 0.327 e. The number of carbonyl (C=O) groups excluding carboxylic acids is 5. The van der Waals surface area contributed by atoms with Crippen molar-refractivity contribution in [1.29, 1.82) is 0 Å². The second kappa shape index (κ2) is 16.6. The molecule has 0 saturated carbocycles. The number of hydrogen-bond donors (Lipinski definition) is 9. The molecule has 38 heavy (non-hydrogen) atoms. The SMILES string of the molecule is NC(N)=NCCC[C@@H]1NC(=O)CNC(=O)CCSC[C@@H](C(=O)O)NC(=O)[C@H](CC(=O)O)NC(=O)CNC1=O. The number of nitrogens with zero attached hydrogens (tertiary/aromatic N) is 1. The summed E-state index contributed by atoms with van der Waals surface area (Å²) in [5.41, 5.74) is 10.5. The van der Waals surface area contributed by atoms with Gasteiger partial charge < -0.3 is 48.3 Å². The Kier molecular flexibility index (Phi) is 14.0. The van der Waals surface area contributed by atoms with Gasteiger partial charge in [0.25, 0.3) is 0 Å². The lowest BCUT2D eigenvalue weighted by atomic mass is 10.1. The standard InChI is InChI=1S/C20H32N8O9S/c21-20(22)23-4-1-2-10-17(34)25-8-15(31)27-11(6-16(32)33)18(35)28-12(19(36)37)9-38-5-3-13(29)24-7-14(30)26-10/h10-12H,1-9H2,(H,24,29)(H,25,34)(H,26,30)(H,27,31)(H,28,35)(H,32,33)(H,36,37)(H4,21,22,23)/t10-,11-,12-/m0/s1. The van der Waals surface area contributed by atoms with Crippen LogP contribution in [0.3, 0.4) is 0 Å². The number of rotatable bonds is 7. The molecule has 5 amide bonds. The maximum atomic E-state index is 12.7. The van der Waals surface area contributed by atoms with Crippen molar-refractivity contribution < 1.29 is 43.8 Å². The molecule has 1 rings (SSSR count). The molecule has 0 aliphatic carbocycles. The van der Waals surface area contributed by atoms with Crippen LogP contribution in [0.1, 0.15) is 25.7 Å². The van der Waals surface area contributed by atoms with Gasteiger partial charge in [-0.25, -0.2) is 4.79 Å². The van der Waals surface area contributed by atoms with Crippen LogP contribution in [0, 0.1) is 0 Å². The Morgan fingerprint density at radius 3 is 2.13 bits per heavy atom. The maximum absolute atomic E-state index is 12.7. The van der Waals surface area contributed by atoms with Crippen molar-refractivity contribution in [2.24, 2.45) is 16.5 Å². The fourth-order valence-electron chi connectivity index (χ4n) is 3.02. The summed E-state index contributed by atoms with van der Waals surface area (Å²) in [6.45, 7) is -0.968. The first-order chi connectivity index (χ1) is 17.9. The van der Waals surface area contributed by atoms with E-state index in [1.165, 1.54) is 0 Å². The zero-order valence-electron chi connectivity index (χ0n) is 20.4. The fourth-order valence-corrected chi connectivity index (χ4v) is 3.98. The molecule has 0 bridgehead atoms. The molecule has 1 fully saturated rings. The molecule has 1 saturated heterocycles. The van der Waals surface area contributed by atoms with Crippen molar-refractivity contribution in [2.45, 2.75) is 43.8 Å². The van der Waals surface area contributed by atoms with E-state index in [1.807, 2.05) is 0 Å². The number of thioether (sulfide) groups is 1. The van der Waals surface area contributed by atoms with Crippen LogP contribution in [-0.4, -0.2) is 107 Å². The average Bonchev–Trinajstić information content (AvgIpc) is 2.83. The first kappa shape index (κ1) is 31.9. The summed E-state index contributed by atoms with van der Waals surface area (Å²) in [5.74, 6) is -6.96. The van der Waals surface area contributed by atoms with E-state index in [9.17, 15) is 38.7 Å². The van der Waals surface area contributed by atoms with Crippen molar-refractivity contribution in [3.63, 3.8) is 0 Å². The van der Waals surface area contributed by atoms with Crippen molar-refractivity contribution >= 4 is 59.2 Å². The minimum atomic E-state index is -1.63. The maximum Gasteiger partial charge on any atom is 0.327 e. The topological polar surface area (TPSA) is 284 Å². The second-order valence-corrected chi connectivity index (χ2v) is 9.16. The Morgan fingerprint density at radius 1 is 0.895 bits per heavy atom. The molecule has 0 aromatic heterocycles. The number of amides is 5. The van der Waals surface area contributed by atoms with E-state index >= 15 is 0 Å². The Balaban J connectivity index is 3.05. The van der Waals surface area contributed by atoms with Gasteiger partial charge in [-0.15, -0.1) is 0 Å². The highest BCUT2D eigenvalue weighted by Gasteiger charge is 2.29. The van der Waals surface area contributed by atoms with Crippen molar-refractivity contribution in [3.05, 3.63) is 0 Å². The Labute approximate surface area is 221 Å². The summed E-state index contributed by atoms with van der Waals surface area (Å²) in [5, 5.41) is 29.9. The van der Waals surface area contributed by atoms with Crippen LogP contribution >= 0.6 is 11.8 Å². The summed E-state index contributed by atoms with van der Waals surface area (Å²) in [6, 6.07) is -4.20. The molecular weight excluding hydrogens is 528 g/mol. The molecule has 18 heteroatoms. The first-order valence-corrected chi connectivity index (χ1v) is 12.6. The van der Waals surface area contributed by atoms with E-state index in [2.05, 4.69) is 31.6 Å². The van der Waals surface area contributed by atoms with Crippen LogP contribution in [0.5, 0.6) is 0 Å². The second-order valence-electron chi connectivity index (χ2n) is 8.01. The van der Waals surface area contributed by atoms with Gasteiger partial charge in [0, 0.05) is 24.5 Å². The average molecular weight is 561 g/mol. The molecule has 1 aliphatic rings. The Bertz CT molecular complexity index is 941.